The molecule has 2 heteroatoms. The molecule has 0 rings (SSSR count). The molecule has 0 aromatic rings. The molecule has 5 heavy (non-hydrogen) atoms. The molecule has 0 aliphatic carbocycles. The maximum Gasteiger partial charge on any atom is 1.00 e. The van der Waals surface area contributed by atoms with Gasteiger partial charge in [-0.2, -0.15) is 0 Å². The van der Waals surface area contributed by atoms with Gasteiger partial charge < -0.3 is 4.79 Å². The number of carbonyl (C=O) groups is 1. The third-order valence-corrected chi connectivity index (χ3v) is 0. The van der Waals surface area contributed by atoms with E-state index in [0.717, 1.165) is 0 Å². The van der Waals surface area contributed by atoms with Crippen LogP contribution in [0.25, 0.3) is 0 Å². The fraction of sp³-hybridized carbons (Fsp3) is 0.667. The Morgan fingerprint density at radius 2 is 1.40 bits per heavy atom. The van der Waals surface area contributed by atoms with Crippen LogP contribution < -0.4 is 18.9 Å². The van der Waals surface area contributed by atoms with Gasteiger partial charge in [-0.1, -0.05) is 0 Å². The number of hydrogen-bond donors (Lipinski definition) is 0. The molecule has 0 aromatic heterocycles. The van der Waals surface area contributed by atoms with Crippen LogP contribution >= 0.6 is 0 Å². The fourth-order valence-electron chi connectivity index (χ4n) is 0. The zero-order chi connectivity index (χ0) is 3.58. The van der Waals surface area contributed by atoms with Crippen molar-refractivity contribution in [1.29, 1.82) is 0 Å². The number of rotatable bonds is 0. The zero-order valence-electron chi connectivity index (χ0n) is 3.91. The zero-order valence-corrected chi connectivity index (χ0v) is 3.91. The molecule has 0 unspecified atom stereocenters. The largest absolute Gasteiger partial charge is 1.00 e. The van der Waals surface area contributed by atoms with Gasteiger partial charge in [0, 0.05) is 0 Å². The number of ketones is 1. The van der Waals surface area contributed by atoms with Crippen molar-refractivity contribution in [2.75, 3.05) is 0 Å². The molecule has 0 heterocycles. The minimum absolute atomic E-state index is 0. The Bertz CT molecular complexity index is 29.9. The van der Waals surface area contributed by atoms with Crippen LogP contribution in [0.3, 0.4) is 0 Å². The molecule has 0 aliphatic rings. The monoisotopic (exact) mass is 65.1 g/mol. The van der Waals surface area contributed by atoms with Crippen molar-refractivity contribution >= 4 is 5.78 Å². The molecule has 0 saturated carbocycles. The van der Waals surface area contributed by atoms with Crippen LogP contribution in [0.15, 0.2) is 0 Å². The summed E-state index contributed by atoms with van der Waals surface area (Å²) < 4.78 is 0. The van der Waals surface area contributed by atoms with E-state index in [1.807, 2.05) is 0 Å². The predicted octanol–water partition coefficient (Wildman–Crippen LogP) is -2.40. The van der Waals surface area contributed by atoms with E-state index in [1.165, 1.54) is 13.8 Å². The number of carbonyl (C=O) groups excluding carboxylic acids is 1. The first-order valence-corrected chi connectivity index (χ1v) is 1.20. The molecule has 0 atom stereocenters. The number of Topliss-reactive ketones (excluding diaryl/α,β-unsaturated/α-hetero) is 1. The molecular formula is C3H6LiO+. The van der Waals surface area contributed by atoms with E-state index in [4.69, 9.17) is 0 Å². The van der Waals surface area contributed by atoms with Gasteiger partial charge in [0.2, 0.25) is 0 Å². The first-order chi connectivity index (χ1) is 1.73. The van der Waals surface area contributed by atoms with Crippen LogP contribution in [0.2, 0.25) is 0 Å². The summed E-state index contributed by atoms with van der Waals surface area (Å²) in [5.41, 5.74) is 0. The third-order valence-electron chi connectivity index (χ3n) is 0. The Balaban J connectivity index is 0. The Hall–Kier alpha value is 0.267. The molecule has 0 aliphatic heterocycles. The average Bonchev–Trinajstić information content (AvgIpc) is 0.811. The Kier molecular flexibility index (Phi) is 7.67. The summed E-state index contributed by atoms with van der Waals surface area (Å²) in [6.07, 6.45) is 0. The van der Waals surface area contributed by atoms with Gasteiger partial charge in [-0.3, -0.25) is 0 Å². The molecule has 24 valence electrons. The summed E-state index contributed by atoms with van der Waals surface area (Å²) in [5, 5.41) is 0. The smallest absolute Gasteiger partial charge is 0.300 e. The van der Waals surface area contributed by atoms with Crippen LogP contribution in [-0.4, -0.2) is 5.78 Å². The quantitative estimate of drug-likeness (QED) is 0.287. The van der Waals surface area contributed by atoms with E-state index < -0.39 is 0 Å². The van der Waals surface area contributed by atoms with Crippen molar-refractivity contribution in [3.05, 3.63) is 0 Å². The van der Waals surface area contributed by atoms with Crippen LogP contribution in [0.4, 0.5) is 0 Å². The Morgan fingerprint density at radius 1 is 1.40 bits per heavy atom. The van der Waals surface area contributed by atoms with E-state index in [0.29, 0.717) is 0 Å². The van der Waals surface area contributed by atoms with E-state index in [9.17, 15) is 4.79 Å². The van der Waals surface area contributed by atoms with Crippen molar-refractivity contribution in [3.8, 4) is 0 Å². The van der Waals surface area contributed by atoms with Crippen molar-refractivity contribution in [3.63, 3.8) is 0 Å². The van der Waals surface area contributed by atoms with E-state index in [-0.39, 0.29) is 24.6 Å². The maximum absolute atomic E-state index is 9.44. The average molecular weight is 65.0 g/mol. The van der Waals surface area contributed by atoms with Crippen molar-refractivity contribution in [2.24, 2.45) is 0 Å². The third kappa shape index (κ3) is 307. The van der Waals surface area contributed by atoms with Gasteiger partial charge in [-0.05, 0) is 13.8 Å². The topological polar surface area (TPSA) is 17.1 Å². The van der Waals surface area contributed by atoms with Gasteiger partial charge in [-0.25, -0.2) is 0 Å². The minimum atomic E-state index is 0. The van der Waals surface area contributed by atoms with Gasteiger partial charge in [0.05, 0.1) is 0 Å². The maximum atomic E-state index is 9.44. The summed E-state index contributed by atoms with van der Waals surface area (Å²) in [4.78, 5) is 9.44. The van der Waals surface area contributed by atoms with Crippen molar-refractivity contribution < 1.29 is 23.7 Å². The molecule has 0 radical (unpaired) electrons. The van der Waals surface area contributed by atoms with Gasteiger partial charge in [-0.15, -0.1) is 0 Å². The standard InChI is InChI=1S/C3H6O.Li/c1-3(2)4;/h1-2H3;/q;+1. The molecule has 0 N–H and O–H groups in total. The van der Waals surface area contributed by atoms with Gasteiger partial charge in [0.1, 0.15) is 5.78 Å². The fourth-order valence-corrected chi connectivity index (χ4v) is 0. The van der Waals surface area contributed by atoms with Crippen LogP contribution in [0.5, 0.6) is 0 Å². The molecule has 0 amide bonds. The first-order valence-electron chi connectivity index (χ1n) is 1.20. The van der Waals surface area contributed by atoms with E-state index in [2.05, 4.69) is 0 Å². The Morgan fingerprint density at radius 3 is 1.40 bits per heavy atom. The Labute approximate surface area is 43.9 Å². The number of hydrogen-bond acceptors (Lipinski definition) is 1. The first kappa shape index (κ1) is 8.99. The summed E-state index contributed by atoms with van der Waals surface area (Å²) in [6, 6.07) is 0. The van der Waals surface area contributed by atoms with Crippen LogP contribution in [0.1, 0.15) is 13.8 Å². The van der Waals surface area contributed by atoms with Crippen LogP contribution in [0, 0.1) is 0 Å². The summed E-state index contributed by atoms with van der Waals surface area (Å²) >= 11 is 0. The normalized spacial score (nSPS) is 5.20. The summed E-state index contributed by atoms with van der Waals surface area (Å²) in [7, 11) is 0. The van der Waals surface area contributed by atoms with Crippen molar-refractivity contribution in [1.82, 2.24) is 0 Å². The van der Waals surface area contributed by atoms with E-state index >= 15 is 0 Å². The van der Waals surface area contributed by atoms with Crippen molar-refractivity contribution in [2.45, 2.75) is 13.8 Å². The second-order valence-electron chi connectivity index (χ2n) is 0.908. The SMILES string of the molecule is CC(C)=O.[Li+]. The molecule has 1 nitrogen and oxygen atoms in total. The minimum Gasteiger partial charge on any atom is -0.300 e. The molecule has 0 fully saturated rings. The van der Waals surface area contributed by atoms with Gasteiger partial charge >= 0.3 is 18.9 Å². The second-order valence-corrected chi connectivity index (χ2v) is 0.908. The molecular weight excluding hydrogens is 59.0 g/mol. The summed E-state index contributed by atoms with van der Waals surface area (Å²) in [6.45, 7) is 3.06. The molecule has 0 aromatic carbocycles. The van der Waals surface area contributed by atoms with Crippen LogP contribution in [-0.2, 0) is 4.79 Å². The van der Waals surface area contributed by atoms with Gasteiger partial charge in [0.15, 0.2) is 0 Å². The van der Waals surface area contributed by atoms with E-state index in [1.54, 1.807) is 0 Å². The second kappa shape index (κ2) is 4.27. The molecule has 0 saturated heterocycles. The molecule has 0 bridgehead atoms. The van der Waals surface area contributed by atoms with Gasteiger partial charge in [0.25, 0.3) is 0 Å². The summed E-state index contributed by atoms with van der Waals surface area (Å²) in [5.74, 6) is 0.167. The molecule has 0 spiro atoms. The predicted molar refractivity (Wildman–Crippen MR) is 16.4 cm³/mol.